The van der Waals surface area contributed by atoms with Crippen LogP contribution in [0.4, 0.5) is 0 Å². The Balaban J connectivity index is 2.18. The summed E-state index contributed by atoms with van der Waals surface area (Å²) in [5, 5.41) is 0.673. The minimum atomic E-state index is 0.133. The summed E-state index contributed by atoms with van der Waals surface area (Å²) in [5.41, 5.74) is 2.01. The lowest BCUT2D eigenvalue weighted by Crippen LogP contribution is -2.01. The van der Waals surface area contributed by atoms with Crippen molar-refractivity contribution in [2.75, 3.05) is 0 Å². The van der Waals surface area contributed by atoms with Gasteiger partial charge in [-0.3, -0.25) is 4.79 Å². The number of carbonyl (C=O) groups is 1. The molecule has 0 aliphatic rings. The van der Waals surface area contributed by atoms with Crippen LogP contribution in [0.1, 0.15) is 25.7 Å². The molecule has 0 saturated heterocycles. The Morgan fingerprint density at radius 1 is 1.24 bits per heavy atom. The van der Waals surface area contributed by atoms with Crippen LogP contribution in [0, 0.1) is 13.8 Å². The van der Waals surface area contributed by atoms with Crippen molar-refractivity contribution in [3.8, 4) is 0 Å². The average Bonchev–Trinajstić information content (AvgIpc) is 2.69. The van der Waals surface area contributed by atoms with E-state index in [0.29, 0.717) is 11.4 Å². The number of aryl methyl sites for hydroxylation is 2. The highest BCUT2D eigenvalue weighted by Crippen LogP contribution is 2.22. The summed E-state index contributed by atoms with van der Waals surface area (Å²) in [7, 11) is 0. The Hall–Kier alpha value is -1.12. The molecule has 1 aromatic heterocycles. The molecule has 0 fully saturated rings. The van der Waals surface area contributed by atoms with Gasteiger partial charge in [-0.2, -0.15) is 0 Å². The van der Waals surface area contributed by atoms with Crippen molar-refractivity contribution in [2.45, 2.75) is 20.3 Å². The van der Waals surface area contributed by atoms with E-state index < -0.39 is 0 Å². The molecule has 0 atom stereocenters. The van der Waals surface area contributed by atoms with Crippen molar-refractivity contribution in [1.29, 1.82) is 0 Å². The predicted octanol–water partition coefficient (Wildman–Crippen LogP) is 4.44. The van der Waals surface area contributed by atoms with E-state index in [1.54, 1.807) is 0 Å². The van der Waals surface area contributed by atoms with Crippen LogP contribution in [0.5, 0.6) is 0 Å². The number of rotatable bonds is 3. The molecule has 2 rings (SSSR count). The molecule has 1 nitrogen and oxygen atoms in total. The van der Waals surface area contributed by atoms with Crippen LogP contribution in [0.2, 0.25) is 5.02 Å². The molecular weight excluding hydrogens is 252 g/mol. The minimum absolute atomic E-state index is 0.133. The first kappa shape index (κ1) is 12.3. The lowest BCUT2D eigenvalue weighted by molar-refractivity contribution is 0.0997. The monoisotopic (exact) mass is 264 g/mol. The van der Waals surface area contributed by atoms with E-state index in [4.69, 9.17) is 11.6 Å². The highest BCUT2D eigenvalue weighted by molar-refractivity contribution is 7.14. The van der Waals surface area contributed by atoms with Gasteiger partial charge in [0, 0.05) is 16.3 Å². The van der Waals surface area contributed by atoms with E-state index in [-0.39, 0.29) is 5.78 Å². The maximum atomic E-state index is 12.0. The Morgan fingerprint density at radius 2 is 2.00 bits per heavy atom. The Morgan fingerprint density at radius 3 is 2.59 bits per heavy atom. The Bertz CT molecular complexity index is 557. The number of thiophene rings is 1. The first-order chi connectivity index (χ1) is 8.06. The molecule has 3 heteroatoms. The average molecular weight is 265 g/mol. The van der Waals surface area contributed by atoms with Gasteiger partial charge < -0.3 is 0 Å². The molecule has 1 heterocycles. The van der Waals surface area contributed by atoms with Gasteiger partial charge in [0.2, 0.25) is 0 Å². The van der Waals surface area contributed by atoms with Crippen LogP contribution in [0.25, 0.3) is 0 Å². The van der Waals surface area contributed by atoms with Crippen LogP contribution < -0.4 is 0 Å². The molecule has 0 radical (unpaired) electrons. The second-order valence-electron chi connectivity index (χ2n) is 4.11. The van der Waals surface area contributed by atoms with Gasteiger partial charge in [-0.25, -0.2) is 0 Å². The SMILES string of the molecule is Cc1ccc(CC(=O)c2ccc(C)s2)c(Cl)c1. The van der Waals surface area contributed by atoms with Crippen LogP contribution in [0.3, 0.4) is 0 Å². The fraction of sp³-hybridized carbons (Fsp3) is 0.214. The third-order valence-electron chi connectivity index (χ3n) is 2.57. The van der Waals surface area contributed by atoms with Crippen molar-refractivity contribution in [3.63, 3.8) is 0 Å². The summed E-state index contributed by atoms with van der Waals surface area (Å²) in [5.74, 6) is 0.133. The number of Topliss-reactive ketones (excluding diaryl/α,β-unsaturated/α-hetero) is 1. The Labute approximate surface area is 110 Å². The Kier molecular flexibility index (Phi) is 3.65. The van der Waals surface area contributed by atoms with E-state index in [1.807, 2.05) is 44.2 Å². The minimum Gasteiger partial charge on any atom is -0.293 e. The third kappa shape index (κ3) is 2.96. The summed E-state index contributed by atoms with van der Waals surface area (Å²) in [6, 6.07) is 9.65. The van der Waals surface area contributed by atoms with Gasteiger partial charge in [0.15, 0.2) is 5.78 Å². The molecular formula is C14H13ClOS. The zero-order valence-corrected chi connectivity index (χ0v) is 11.4. The summed E-state index contributed by atoms with van der Waals surface area (Å²) in [6.07, 6.45) is 0.374. The molecule has 0 saturated carbocycles. The van der Waals surface area contributed by atoms with E-state index in [0.717, 1.165) is 20.9 Å². The summed E-state index contributed by atoms with van der Waals surface area (Å²) in [6.45, 7) is 3.99. The number of halogens is 1. The second-order valence-corrected chi connectivity index (χ2v) is 5.80. The van der Waals surface area contributed by atoms with Gasteiger partial charge in [0.05, 0.1) is 4.88 Å². The van der Waals surface area contributed by atoms with E-state index in [2.05, 4.69) is 0 Å². The van der Waals surface area contributed by atoms with Crippen molar-refractivity contribution in [2.24, 2.45) is 0 Å². The zero-order valence-electron chi connectivity index (χ0n) is 9.79. The predicted molar refractivity (Wildman–Crippen MR) is 73.3 cm³/mol. The standard InChI is InChI=1S/C14H13ClOS/c1-9-3-5-11(12(15)7-9)8-13(16)14-6-4-10(2)17-14/h3-7H,8H2,1-2H3. The molecule has 0 spiro atoms. The van der Waals surface area contributed by atoms with Gasteiger partial charge in [-0.15, -0.1) is 11.3 Å². The normalized spacial score (nSPS) is 10.5. The second kappa shape index (κ2) is 5.03. The molecule has 17 heavy (non-hydrogen) atoms. The number of carbonyl (C=O) groups excluding carboxylic acids is 1. The fourth-order valence-electron chi connectivity index (χ4n) is 1.64. The van der Waals surface area contributed by atoms with Gasteiger partial charge in [0.1, 0.15) is 0 Å². The zero-order chi connectivity index (χ0) is 12.4. The van der Waals surface area contributed by atoms with Crippen LogP contribution >= 0.6 is 22.9 Å². The molecule has 0 aliphatic carbocycles. The first-order valence-electron chi connectivity index (χ1n) is 5.41. The van der Waals surface area contributed by atoms with Crippen LogP contribution in [0.15, 0.2) is 30.3 Å². The van der Waals surface area contributed by atoms with Crippen molar-refractivity contribution in [1.82, 2.24) is 0 Å². The van der Waals surface area contributed by atoms with E-state index in [9.17, 15) is 4.79 Å². The lowest BCUT2D eigenvalue weighted by Gasteiger charge is -2.03. The van der Waals surface area contributed by atoms with Crippen molar-refractivity contribution >= 4 is 28.7 Å². The smallest absolute Gasteiger partial charge is 0.177 e. The third-order valence-corrected chi connectivity index (χ3v) is 3.97. The largest absolute Gasteiger partial charge is 0.293 e. The number of ketones is 1. The summed E-state index contributed by atoms with van der Waals surface area (Å²) >= 11 is 7.65. The maximum Gasteiger partial charge on any atom is 0.177 e. The maximum absolute atomic E-state index is 12.0. The van der Waals surface area contributed by atoms with Crippen LogP contribution in [-0.2, 0) is 6.42 Å². The fourth-order valence-corrected chi connectivity index (χ4v) is 2.75. The number of hydrogen-bond acceptors (Lipinski definition) is 2. The first-order valence-corrected chi connectivity index (χ1v) is 6.60. The molecule has 0 unspecified atom stereocenters. The van der Waals surface area contributed by atoms with Crippen LogP contribution in [-0.4, -0.2) is 5.78 Å². The van der Waals surface area contributed by atoms with Gasteiger partial charge >= 0.3 is 0 Å². The van der Waals surface area contributed by atoms with Crippen molar-refractivity contribution in [3.05, 3.63) is 56.2 Å². The summed E-state index contributed by atoms with van der Waals surface area (Å²) < 4.78 is 0. The molecule has 1 aromatic carbocycles. The van der Waals surface area contributed by atoms with Gasteiger partial charge in [-0.05, 0) is 43.2 Å². The van der Waals surface area contributed by atoms with E-state index >= 15 is 0 Å². The molecule has 2 aromatic rings. The highest BCUT2D eigenvalue weighted by atomic mass is 35.5. The summed E-state index contributed by atoms with van der Waals surface area (Å²) in [4.78, 5) is 14.0. The molecule has 0 amide bonds. The molecule has 0 aliphatic heterocycles. The van der Waals surface area contributed by atoms with Crippen molar-refractivity contribution < 1.29 is 4.79 Å². The molecule has 0 bridgehead atoms. The van der Waals surface area contributed by atoms with E-state index in [1.165, 1.54) is 11.3 Å². The van der Waals surface area contributed by atoms with Gasteiger partial charge in [0.25, 0.3) is 0 Å². The lowest BCUT2D eigenvalue weighted by atomic mass is 10.1. The molecule has 88 valence electrons. The highest BCUT2D eigenvalue weighted by Gasteiger charge is 2.11. The topological polar surface area (TPSA) is 17.1 Å². The van der Waals surface area contributed by atoms with Gasteiger partial charge in [-0.1, -0.05) is 23.7 Å². The molecule has 0 N–H and O–H groups in total. The number of hydrogen-bond donors (Lipinski definition) is 0. The number of benzene rings is 1. The quantitative estimate of drug-likeness (QED) is 0.749.